The molecule has 0 aliphatic carbocycles. The first-order valence-electron chi connectivity index (χ1n) is 9.13. The molecule has 0 aliphatic heterocycles. The van der Waals surface area contributed by atoms with Crippen molar-refractivity contribution in [2.45, 2.75) is 13.8 Å². The summed E-state index contributed by atoms with van der Waals surface area (Å²) < 4.78 is 5.21. The predicted molar refractivity (Wildman–Crippen MR) is 114 cm³/mol. The standard InChI is InChI=1S/C21H26ClN3O3/c1-5-25(6-2)17-10-7-15(8-11-17)21(27)24(3)14-20(26)23-18-13-16(22)9-12-19(18)28-4/h7-13H,5-6,14H2,1-4H3,(H,23,26). The number of hydrogen-bond acceptors (Lipinski definition) is 4. The van der Waals surface area contributed by atoms with Crippen molar-refractivity contribution in [1.82, 2.24) is 4.90 Å². The Hall–Kier alpha value is -2.73. The molecule has 0 heterocycles. The van der Waals surface area contributed by atoms with Crippen molar-refractivity contribution in [3.05, 3.63) is 53.1 Å². The Morgan fingerprint density at radius 3 is 2.29 bits per heavy atom. The third kappa shape index (κ3) is 5.39. The van der Waals surface area contributed by atoms with Gasteiger partial charge in [0.15, 0.2) is 0 Å². The van der Waals surface area contributed by atoms with E-state index >= 15 is 0 Å². The number of carbonyl (C=O) groups excluding carboxylic acids is 2. The van der Waals surface area contributed by atoms with E-state index in [0.717, 1.165) is 18.8 Å². The van der Waals surface area contributed by atoms with Gasteiger partial charge in [-0.2, -0.15) is 0 Å². The first kappa shape index (κ1) is 21.6. The Labute approximate surface area is 171 Å². The van der Waals surface area contributed by atoms with E-state index in [0.29, 0.717) is 22.0 Å². The summed E-state index contributed by atoms with van der Waals surface area (Å²) in [6.07, 6.45) is 0. The van der Waals surface area contributed by atoms with Gasteiger partial charge in [-0.1, -0.05) is 11.6 Å². The number of likely N-dealkylation sites (N-methyl/N-ethyl adjacent to an activating group) is 1. The fourth-order valence-corrected chi connectivity index (χ4v) is 3.05. The molecule has 6 nitrogen and oxygen atoms in total. The van der Waals surface area contributed by atoms with Crippen LogP contribution in [0.4, 0.5) is 11.4 Å². The molecule has 0 unspecified atom stereocenters. The normalized spacial score (nSPS) is 10.3. The summed E-state index contributed by atoms with van der Waals surface area (Å²) >= 11 is 5.97. The number of halogens is 1. The van der Waals surface area contributed by atoms with Gasteiger partial charge in [0.2, 0.25) is 5.91 Å². The predicted octanol–water partition coefficient (Wildman–Crippen LogP) is 3.91. The average Bonchev–Trinajstić information content (AvgIpc) is 2.69. The van der Waals surface area contributed by atoms with E-state index < -0.39 is 0 Å². The van der Waals surface area contributed by atoms with Gasteiger partial charge >= 0.3 is 0 Å². The lowest BCUT2D eigenvalue weighted by atomic mass is 10.1. The van der Waals surface area contributed by atoms with Crippen LogP contribution in [-0.2, 0) is 4.79 Å². The van der Waals surface area contributed by atoms with E-state index in [2.05, 4.69) is 24.1 Å². The number of nitrogens with zero attached hydrogens (tertiary/aromatic N) is 2. The zero-order valence-electron chi connectivity index (χ0n) is 16.7. The molecule has 0 atom stereocenters. The van der Waals surface area contributed by atoms with E-state index in [-0.39, 0.29) is 18.4 Å². The van der Waals surface area contributed by atoms with Gasteiger partial charge in [0.1, 0.15) is 5.75 Å². The molecule has 2 aromatic carbocycles. The highest BCUT2D eigenvalue weighted by Crippen LogP contribution is 2.27. The summed E-state index contributed by atoms with van der Waals surface area (Å²) in [5.41, 5.74) is 2.06. The van der Waals surface area contributed by atoms with Gasteiger partial charge in [-0.05, 0) is 56.3 Å². The van der Waals surface area contributed by atoms with E-state index in [1.807, 2.05) is 12.1 Å². The number of anilines is 2. The minimum atomic E-state index is -0.337. The molecule has 0 fully saturated rings. The summed E-state index contributed by atoms with van der Waals surface area (Å²) in [7, 11) is 3.10. The molecule has 0 radical (unpaired) electrons. The second-order valence-corrected chi connectivity index (χ2v) is 6.71. The first-order valence-corrected chi connectivity index (χ1v) is 9.51. The molecule has 0 bridgehead atoms. The van der Waals surface area contributed by atoms with Crippen molar-refractivity contribution in [3.8, 4) is 5.75 Å². The third-order valence-corrected chi connectivity index (χ3v) is 4.64. The van der Waals surface area contributed by atoms with Gasteiger partial charge in [-0.3, -0.25) is 9.59 Å². The van der Waals surface area contributed by atoms with E-state index in [9.17, 15) is 9.59 Å². The maximum Gasteiger partial charge on any atom is 0.254 e. The van der Waals surface area contributed by atoms with Crippen LogP contribution < -0.4 is 15.0 Å². The van der Waals surface area contributed by atoms with Gasteiger partial charge in [0.05, 0.1) is 19.3 Å². The topological polar surface area (TPSA) is 61.9 Å². The molecule has 2 rings (SSSR count). The number of methoxy groups -OCH3 is 1. The molecule has 7 heteroatoms. The van der Waals surface area contributed by atoms with Gasteiger partial charge < -0.3 is 19.9 Å². The number of rotatable bonds is 8. The number of ether oxygens (including phenoxy) is 1. The third-order valence-electron chi connectivity index (χ3n) is 4.41. The van der Waals surface area contributed by atoms with Crippen LogP contribution in [0, 0.1) is 0 Å². The highest BCUT2D eigenvalue weighted by molar-refractivity contribution is 6.31. The van der Waals surface area contributed by atoms with Crippen LogP contribution in [0.15, 0.2) is 42.5 Å². The Morgan fingerprint density at radius 2 is 1.71 bits per heavy atom. The largest absolute Gasteiger partial charge is 0.495 e. The Bertz CT molecular complexity index is 820. The van der Waals surface area contributed by atoms with E-state index in [1.54, 1.807) is 37.4 Å². The molecule has 150 valence electrons. The van der Waals surface area contributed by atoms with Crippen LogP contribution in [0.3, 0.4) is 0 Å². The molecule has 28 heavy (non-hydrogen) atoms. The molecular formula is C21H26ClN3O3. The van der Waals surface area contributed by atoms with Gasteiger partial charge in [0, 0.05) is 36.4 Å². The number of benzene rings is 2. The molecule has 1 N–H and O–H groups in total. The summed E-state index contributed by atoms with van der Waals surface area (Å²) in [5.74, 6) is -0.0609. The van der Waals surface area contributed by atoms with E-state index in [4.69, 9.17) is 16.3 Å². The van der Waals surface area contributed by atoms with Crippen molar-refractivity contribution in [2.24, 2.45) is 0 Å². The van der Waals surface area contributed by atoms with Crippen molar-refractivity contribution in [3.63, 3.8) is 0 Å². The lowest BCUT2D eigenvalue weighted by Gasteiger charge is -2.22. The van der Waals surface area contributed by atoms with Crippen LogP contribution in [0.2, 0.25) is 5.02 Å². The smallest absolute Gasteiger partial charge is 0.254 e. The first-order chi connectivity index (χ1) is 13.4. The van der Waals surface area contributed by atoms with Crippen molar-refractivity contribution in [1.29, 1.82) is 0 Å². The second kappa shape index (κ2) is 9.99. The number of hydrogen-bond donors (Lipinski definition) is 1. The Kier molecular flexibility index (Phi) is 7.70. The molecule has 0 spiro atoms. The molecule has 2 aromatic rings. The molecule has 0 saturated carbocycles. The maximum atomic E-state index is 12.6. The SMILES string of the molecule is CCN(CC)c1ccc(C(=O)N(C)CC(=O)Nc2cc(Cl)ccc2OC)cc1. The maximum absolute atomic E-state index is 12.6. The minimum absolute atomic E-state index is 0.0910. The van der Waals surface area contributed by atoms with Crippen LogP contribution in [-0.4, -0.2) is 50.5 Å². The fraction of sp³-hybridized carbons (Fsp3) is 0.333. The van der Waals surface area contributed by atoms with Gasteiger partial charge in [-0.15, -0.1) is 0 Å². The highest BCUT2D eigenvalue weighted by atomic mass is 35.5. The van der Waals surface area contributed by atoms with Crippen LogP contribution in [0.25, 0.3) is 0 Å². The number of amides is 2. The molecular weight excluding hydrogens is 378 g/mol. The molecule has 0 aliphatic rings. The molecule has 2 amide bonds. The zero-order chi connectivity index (χ0) is 20.7. The highest BCUT2D eigenvalue weighted by Gasteiger charge is 2.16. The Morgan fingerprint density at radius 1 is 1.07 bits per heavy atom. The van der Waals surface area contributed by atoms with Crippen LogP contribution in [0.1, 0.15) is 24.2 Å². The van der Waals surface area contributed by atoms with Crippen LogP contribution in [0.5, 0.6) is 5.75 Å². The van der Waals surface area contributed by atoms with Crippen LogP contribution >= 0.6 is 11.6 Å². The summed E-state index contributed by atoms with van der Waals surface area (Å²) in [6, 6.07) is 12.4. The van der Waals surface area contributed by atoms with Crippen molar-refractivity contribution < 1.29 is 14.3 Å². The zero-order valence-corrected chi connectivity index (χ0v) is 17.4. The van der Waals surface area contributed by atoms with E-state index in [1.165, 1.54) is 12.0 Å². The second-order valence-electron chi connectivity index (χ2n) is 6.27. The van der Waals surface area contributed by atoms with Gasteiger partial charge in [-0.25, -0.2) is 0 Å². The fourth-order valence-electron chi connectivity index (χ4n) is 2.88. The summed E-state index contributed by atoms with van der Waals surface area (Å²) in [4.78, 5) is 28.5. The minimum Gasteiger partial charge on any atom is -0.495 e. The molecule has 0 saturated heterocycles. The Balaban J connectivity index is 2.02. The van der Waals surface area contributed by atoms with Gasteiger partial charge in [0.25, 0.3) is 5.91 Å². The monoisotopic (exact) mass is 403 g/mol. The lowest BCUT2D eigenvalue weighted by molar-refractivity contribution is -0.116. The molecule has 0 aromatic heterocycles. The average molecular weight is 404 g/mol. The lowest BCUT2D eigenvalue weighted by Crippen LogP contribution is -2.35. The number of nitrogens with one attached hydrogen (secondary N) is 1. The number of carbonyl (C=O) groups is 2. The summed E-state index contributed by atoms with van der Waals surface area (Å²) in [6.45, 7) is 5.88. The van der Waals surface area contributed by atoms with Crippen molar-refractivity contribution in [2.75, 3.05) is 44.0 Å². The quantitative estimate of drug-likeness (QED) is 0.726. The van der Waals surface area contributed by atoms with Crippen molar-refractivity contribution >= 4 is 34.8 Å². The summed E-state index contributed by atoms with van der Waals surface area (Å²) in [5, 5.41) is 3.21.